The minimum atomic E-state index is 0.149. The zero-order valence-electron chi connectivity index (χ0n) is 15.1. The highest BCUT2D eigenvalue weighted by molar-refractivity contribution is 5.62. The Morgan fingerprint density at radius 3 is 2.52 bits per heavy atom. The van der Waals surface area contributed by atoms with E-state index in [0.29, 0.717) is 17.5 Å². The van der Waals surface area contributed by atoms with E-state index in [9.17, 15) is 0 Å². The second kappa shape index (κ2) is 7.41. The zero-order valence-corrected chi connectivity index (χ0v) is 15.1. The van der Waals surface area contributed by atoms with Gasteiger partial charge in [0, 0.05) is 23.6 Å². The van der Waals surface area contributed by atoms with Crippen LogP contribution in [-0.4, -0.2) is 22.9 Å². The number of rotatable bonds is 6. The summed E-state index contributed by atoms with van der Waals surface area (Å²) in [5, 5.41) is 6.43. The summed E-state index contributed by atoms with van der Waals surface area (Å²) in [5.41, 5.74) is 1.74. The van der Waals surface area contributed by atoms with Gasteiger partial charge >= 0.3 is 0 Å². The number of ether oxygens (including phenoxy) is 3. The monoisotopic (exact) mass is 364 g/mol. The summed E-state index contributed by atoms with van der Waals surface area (Å²) in [6.07, 6.45) is 1.84. The van der Waals surface area contributed by atoms with Crippen molar-refractivity contribution in [2.45, 2.75) is 20.0 Å². The van der Waals surface area contributed by atoms with Gasteiger partial charge in [-0.3, -0.25) is 0 Å². The molecule has 0 radical (unpaired) electrons. The molecule has 7 nitrogen and oxygen atoms in total. The topological polar surface area (TPSA) is 77.5 Å². The predicted molar refractivity (Wildman–Crippen MR) is 103 cm³/mol. The summed E-state index contributed by atoms with van der Waals surface area (Å²) in [5.74, 6) is 3.45. The fourth-order valence-electron chi connectivity index (χ4n) is 2.63. The molecule has 3 aromatic rings. The SMILES string of the molecule is CC(C)Oc1ccc(Nc2ccnc(Nc3ccc4c(c3)OCO4)n2)cc1. The largest absolute Gasteiger partial charge is 0.491 e. The number of fused-ring (bicyclic) bond motifs is 1. The van der Waals surface area contributed by atoms with E-state index in [1.54, 1.807) is 6.20 Å². The van der Waals surface area contributed by atoms with Crippen LogP contribution in [0, 0.1) is 0 Å². The third kappa shape index (κ3) is 4.20. The Hall–Kier alpha value is -3.48. The van der Waals surface area contributed by atoms with Crippen molar-refractivity contribution >= 4 is 23.1 Å². The molecule has 7 heteroatoms. The van der Waals surface area contributed by atoms with Gasteiger partial charge in [-0.15, -0.1) is 0 Å². The Morgan fingerprint density at radius 1 is 0.926 bits per heavy atom. The van der Waals surface area contributed by atoms with Crippen molar-refractivity contribution in [3.8, 4) is 17.2 Å². The molecule has 0 atom stereocenters. The molecular weight excluding hydrogens is 344 g/mol. The van der Waals surface area contributed by atoms with Crippen molar-refractivity contribution in [2.24, 2.45) is 0 Å². The third-order valence-corrected chi connectivity index (χ3v) is 3.78. The normalized spacial score (nSPS) is 12.1. The highest BCUT2D eigenvalue weighted by atomic mass is 16.7. The lowest BCUT2D eigenvalue weighted by atomic mass is 10.3. The van der Waals surface area contributed by atoms with Crippen LogP contribution in [0.25, 0.3) is 0 Å². The van der Waals surface area contributed by atoms with Gasteiger partial charge in [0.2, 0.25) is 12.7 Å². The fourth-order valence-corrected chi connectivity index (χ4v) is 2.63. The van der Waals surface area contributed by atoms with E-state index in [2.05, 4.69) is 20.6 Å². The molecule has 0 fully saturated rings. The van der Waals surface area contributed by atoms with Gasteiger partial charge in [-0.1, -0.05) is 0 Å². The van der Waals surface area contributed by atoms with Crippen LogP contribution in [0.1, 0.15) is 13.8 Å². The molecule has 2 aromatic carbocycles. The van der Waals surface area contributed by atoms with E-state index < -0.39 is 0 Å². The lowest BCUT2D eigenvalue weighted by molar-refractivity contribution is 0.174. The van der Waals surface area contributed by atoms with Gasteiger partial charge in [0.05, 0.1) is 6.10 Å². The van der Waals surface area contributed by atoms with Crippen molar-refractivity contribution in [3.05, 3.63) is 54.7 Å². The van der Waals surface area contributed by atoms with Crippen LogP contribution in [0.3, 0.4) is 0 Å². The van der Waals surface area contributed by atoms with Crippen LogP contribution < -0.4 is 24.8 Å². The van der Waals surface area contributed by atoms with Gasteiger partial charge in [0.1, 0.15) is 11.6 Å². The summed E-state index contributed by atoms with van der Waals surface area (Å²) in [7, 11) is 0. The minimum Gasteiger partial charge on any atom is -0.491 e. The van der Waals surface area contributed by atoms with Gasteiger partial charge in [-0.2, -0.15) is 4.98 Å². The average molecular weight is 364 g/mol. The number of benzene rings is 2. The molecule has 0 saturated heterocycles. The smallest absolute Gasteiger partial charge is 0.231 e. The van der Waals surface area contributed by atoms with E-state index in [0.717, 1.165) is 22.9 Å². The molecule has 1 aromatic heterocycles. The molecule has 2 N–H and O–H groups in total. The second-order valence-corrected chi connectivity index (χ2v) is 6.27. The maximum absolute atomic E-state index is 5.65. The third-order valence-electron chi connectivity index (χ3n) is 3.78. The standard InChI is InChI=1S/C20H20N4O3/c1-13(2)27-16-6-3-14(4-7-16)22-19-9-10-21-20(24-19)23-15-5-8-17-18(11-15)26-12-25-17/h3-11,13H,12H2,1-2H3,(H2,21,22,23,24). The average Bonchev–Trinajstić information content (AvgIpc) is 3.11. The van der Waals surface area contributed by atoms with E-state index in [1.807, 2.05) is 62.4 Å². The predicted octanol–water partition coefficient (Wildman–Crippen LogP) is 4.48. The lowest BCUT2D eigenvalue weighted by Gasteiger charge is -2.11. The molecule has 0 aliphatic carbocycles. The molecule has 1 aliphatic heterocycles. The van der Waals surface area contributed by atoms with E-state index in [1.165, 1.54) is 0 Å². The Bertz CT molecular complexity index is 929. The first-order chi connectivity index (χ1) is 13.2. The van der Waals surface area contributed by atoms with Gasteiger partial charge in [-0.05, 0) is 56.3 Å². The lowest BCUT2D eigenvalue weighted by Crippen LogP contribution is -2.05. The Labute approximate surface area is 157 Å². The van der Waals surface area contributed by atoms with E-state index in [4.69, 9.17) is 14.2 Å². The molecule has 27 heavy (non-hydrogen) atoms. The van der Waals surface area contributed by atoms with E-state index >= 15 is 0 Å². The van der Waals surface area contributed by atoms with Crippen molar-refractivity contribution < 1.29 is 14.2 Å². The van der Waals surface area contributed by atoms with Crippen molar-refractivity contribution in [2.75, 3.05) is 17.4 Å². The molecule has 4 rings (SSSR count). The maximum Gasteiger partial charge on any atom is 0.231 e. The maximum atomic E-state index is 5.65. The summed E-state index contributed by atoms with van der Waals surface area (Å²) >= 11 is 0. The Kier molecular flexibility index (Phi) is 4.65. The molecule has 0 spiro atoms. The number of hydrogen-bond acceptors (Lipinski definition) is 7. The highest BCUT2D eigenvalue weighted by Gasteiger charge is 2.13. The van der Waals surface area contributed by atoms with Crippen LogP contribution in [0.4, 0.5) is 23.1 Å². The van der Waals surface area contributed by atoms with Gasteiger partial charge < -0.3 is 24.8 Å². The number of nitrogens with one attached hydrogen (secondary N) is 2. The summed E-state index contributed by atoms with van der Waals surface area (Å²) in [6.45, 7) is 4.25. The first-order valence-corrected chi connectivity index (χ1v) is 8.69. The number of nitrogens with zero attached hydrogens (tertiary/aromatic N) is 2. The molecule has 0 unspecified atom stereocenters. The van der Waals surface area contributed by atoms with Crippen molar-refractivity contribution in [1.82, 2.24) is 9.97 Å². The quantitative estimate of drug-likeness (QED) is 0.668. The highest BCUT2D eigenvalue weighted by Crippen LogP contribution is 2.34. The van der Waals surface area contributed by atoms with Gasteiger partial charge in [0.15, 0.2) is 11.5 Å². The summed E-state index contributed by atoms with van der Waals surface area (Å²) in [4.78, 5) is 8.75. The molecule has 0 saturated carbocycles. The van der Waals surface area contributed by atoms with E-state index in [-0.39, 0.29) is 12.9 Å². The first-order valence-electron chi connectivity index (χ1n) is 8.69. The first kappa shape index (κ1) is 17.0. The zero-order chi connectivity index (χ0) is 18.6. The number of anilines is 4. The molecule has 2 heterocycles. The second-order valence-electron chi connectivity index (χ2n) is 6.27. The van der Waals surface area contributed by atoms with Gasteiger partial charge in [-0.25, -0.2) is 4.98 Å². The Balaban J connectivity index is 1.44. The summed E-state index contributed by atoms with van der Waals surface area (Å²) < 4.78 is 16.4. The van der Waals surface area contributed by atoms with Crippen LogP contribution in [0.2, 0.25) is 0 Å². The fraction of sp³-hybridized carbons (Fsp3) is 0.200. The molecule has 138 valence electrons. The molecule has 0 bridgehead atoms. The molecular formula is C20H20N4O3. The van der Waals surface area contributed by atoms with Crippen LogP contribution >= 0.6 is 0 Å². The van der Waals surface area contributed by atoms with Crippen molar-refractivity contribution in [1.29, 1.82) is 0 Å². The molecule has 0 amide bonds. The van der Waals surface area contributed by atoms with Crippen LogP contribution in [0.15, 0.2) is 54.7 Å². The molecule has 1 aliphatic rings. The number of aromatic nitrogens is 2. The summed E-state index contributed by atoms with van der Waals surface area (Å²) in [6, 6.07) is 15.2. The minimum absolute atomic E-state index is 0.149. The van der Waals surface area contributed by atoms with Crippen molar-refractivity contribution in [3.63, 3.8) is 0 Å². The number of hydrogen-bond donors (Lipinski definition) is 2. The Morgan fingerprint density at radius 2 is 1.70 bits per heavy atom. The van der Waals surface area contributed by atoms with Crippen LogP contribution in [-0.2, 0) is 0 Å². The van der Waals surface area contributed by atoms with Crippen LogP contribution in [0.5, 0.6) is 17.2 Å². The van der Waals surface area contributed by atoms with Gasteiger partial charge in [0.25, 0.3) is 0 Å².